The zero-order valence-electron chi connectivity index (χ0n) is 67.6. The van der Waals surface area contributed by atoms with Gasteiger partial charge in [-0.1, -0.05) is 285 Å². The Morgan fingerprint density at radius 3 is 0.791 bits per heavy atom. The largest absolute Gasteiger partial charge is 0.472 e. The predicted octanol–water partition coefficient (Wildman–Crippen LogP) is 24.4. The van der Waals surface area contributed by atoms with E-state index in [0.29, 0.717) is 32.1 Å². The van der Waals surface area contributed by atoms with Gasteiger partial charge in [0.15, 0.2) is 12.2 Å². The Bertz CT molecular complexity index is 2950. The SMILES string of the molecule is CC/C=C\C/C=C\C/C=C\C/C=C\C/C=C\C/C=C\CCC(=O)OCC(COP(=O)(O)OCC(O)COP(=O)(O)OCC(COC(=O)CCCCC/C=C\C/C=C\C/C=C\C/C=C\C/C=C\CC)OC(=O)CCCCCCC/C=C\C/C=C\CCC)OC(=O)CCCCC/C=C\C/C=C\C/C=C\C/C=C\C/C=C\CC. The van der Waals surface area contributed by atoms with Crippen molar-refractivity contribution in [3.63, 3.8) is 0 Å². The number of hydrogen-bond donors (Lipinski definition) is 3. The molecule has 0 aliphatic carbocycles. The van der Waals surface area contributed by atoms with Crippen molar-refractivity contribution in [1.29, 1.82) is 0 Å². The molecule has 5 unspecified atom stereocenters. The molecule has 0 fully saturated rings. The van der Waals surface area contributed by atoms with Gasteiger partial charge < -0.3 is 33.8 Å². The highest BCUT2D eigenvalue weighted by Crippen LogP contribution is 2.45. The van der Waals surface area contributed by atoms with E-state index in [9.17, 15) is 43.2 Å². The van der Waals surface area contributed by atoms with Crippen LogP contribution in [-0.4, -0.2) is 96.7 Å². The molecule has 0 aliphatic heterocycles. The van der Waals surface area contributed by atoms with Crippen LogP contribution in [0.3, 0.4) is 0 Å². The number of unbranched alkanes of at least 4 members (excludes halogenated alkanes) is 12. The fraction of sp³-hybridized carbons (Fsp3) is 0.560. The molecule has 618 valence electrons. The Morgan fingerprint density at radius 2 is 0.491 bits per heavy atom. The quantitative estimate of drug-likeness (QED) is 0.0169. The van der Waals surface area contributed by atoms with Gasteiger partial charge in [0.25, 0.3) is 0 Å². The van der Waals surface area contributed by atoms with Crippen molar-refractivity contribution in [2.45, 2.75) is 290 Å². The van der Waals surface area contributed by atoms with Crippen molar-refractivity contribution in [2.24, 2.45) is 0 Å². The summed E-state index contributed by atoms with van der Waals surface area (Å²) in [4.78, 5) is 73.1. The summed E-state index contributed by atoms with van der Waals surface area (Å²) in [6, 6.07) is 0. The molecule has 0 heterocycles. The summed E-state index contributed by atoms with van der Waals surface area (Å²) in [5.41, 5.74) is 0. The minimum absolute atomic E-state index is 0.0181. The Balaban J connectivity index is 5.53. The van der Waals surface area contributed by atoms with E-state index in [1.54, 1.807) is 0 Å². The topological polar surface area (TPSA) is 237 Å². The molecule has 3 N–H and O–H groups in total. The molecular weight excluding hydrogens is 1430 g/mol. The van der Waals surface area contributed by atoms with Crippen LogP contribution in [0.25, 0.3) is 0 Å². The molecule has 17 nitrogen and oxygen atoms in total. The summed E-state index contributed by atoms with van der Waals surface area (Å²) >= 11 is 0. The molecule has 0 saturated heterocycles. The van der Waals surface area contributed by atoms with Crippen molar-refractivity contribution in [3.8, 4) is 0 Å². The first-order chi connectivity index (χ1) is 53.7. The number of phosphoric acid groups is 2. The Kier molecular flexibility index (Phi) is 75.6. The number of carbonyl (C=O) groups excluding carboxylic acids is 4. The standard InChI is InChI=1S/C91H142O17P2/c1-5-9-13-17-21-25-29-33-36-39-42-45-48-52-55-59-63-67-71-75-88(93)101-81-86(107-90(95)77-73-69-65-61-57-51-32-28-24-20-16-12-8-4)83-105-109(97,98)103-79-85(92)80-104-110(99,100)106-84-87(108-91(96)78-74-70-66-62-58-54-50-47-44-41-38-35-31-27-23-19-15-11-7-3)82-102-89(94)76-72-68-64-60-56-53-49-46-43-40-37-34-30-26-22-18-14-10-6-2/h9-11,13-16,20-23,25-28,32-38,42-47,52-56,58,64,68,85-87,92H,5-8,12,17-19,24,29-31,39-41,48-51,57,59-63,65-67,69-84H2,1-4H3,(H,97,98)(H,99,100)/b13-9-,14-10-,15-11-,20-16-,25-21-,26-22-,27-23-,32-28-,36-33-,37-34-,38-35-,45-42-,46-43-,47-44-,55-52-,56-53-,58-54-,68-64-. The zero-order chi connectivity index (χ0) is 80.3. The molecule has 0 rings (SSSR count). The third-order valence-corrected chi connectivity index (χ3v) is 17.8. The Hall–Kier alpha value is -6.62. The molecule has 110 heavy (non-hydrogen) atoms. The smallest absolute Gasteiger partial charge is 0.462 e. The molecule has 0 amide bonds. The number of esters is 4. The summed E-state index contributed by atoms with van der Waals surface area (Å²) in [7, 11) is -10.0. The molecular formula is C91H142O17P2. The first-order valence-corrected chi connectivity index (χ1v) is 44.0. The van der Waals surface area contributed by atoms with Crippen LogP contribution in [0.5, 0.6) is 0 Å². The number of aliphatic hydroxyl groups is 1. The van der Waals surface area contributed by atoms with Crippen LogP contribution in [0.4, 0.5) is 0 Å². The third-order valence-electron chi connectivity index (χ3n) is 15.9. The summed E-state index contributed by atoms with van der Waals surface area (Å²) in [6.45, 7) is 4.25. The molecule has 0 radical (unpaired) electrons. The minimum Gasteiger partial charge on any atom is -0.462 e. The average Bonchev–Trinajstić information content (AvgIpc) is 0.900. The molecule has 0 bridgehead atoms. The van der Waals surface area contributed by atoms with Gasteiger partial charge in [0.1, 0.15) is 19.3 Å². The number of ether oxygens (including phenoxy) is 4. The summed E-state index contributed by atoms with van der Waals surface area (Å²) in [5, 5.41) is 10.7. The fourth-order valence-electron chi connectivity index (χ4n) is 9.81. The highest BCUT2D eigenvalue weighted by Gasteiger charge is 2.30. The Labute approximate surface area is 664 Å². The van der Waals surface area contributed by atoms with E-state index in [2.05, 4.69) is 228 Å². The van der Waals surface area contributed by atoms with Crippen molar-refractivity contribution >= 4 is 39.5 Å². The van der Waals surface area contributed by atoms with E-state index in [0.717, 1.165) is 186 Å². The van der Waals surface area contributed by atoms with Crippen LogP contribution in [0.1, 0.15) is 272 Å². The maximum Gasteiger partial charge on any atom is 0.472 e. The number of carbonyl (C=O) groups is 4. The lowest BCUT2D eigenvalue weighted by Crippen LogP contribution is -2.30. The Morgan fingerprint density at radius 1 is 0.264 bits per heavy atom. The molecule has 0 aromatic rings. The highest BCUT2D eigenvalue weighted by molar-refractivity contribution is 7.47. The van der Waals surface area contributed by atoms with Gasteiger partial charge in [-0.25, -0.2) is 9.13 Å². The highest BCUT2D eigenvalue weighted by atomic mass is 31.2. The number of hydrogen-bond acceptors (Lipinski definition) is 15. The van der Waals surface area contributed by atoms with Crippen LogP contribution in [-0.2, 0) is 65.4 Å². The van der Waals surface area contributed by atoms with E-state index in [-0.39, 0.29) is 25.7 Å². The number of rotatable bonds is 74. The third kappa shape index (κ3) is 79.5. The number of aliphatic hydroxyl groups excluding tert-OH is 1. The van der Waals surface area contributed by atoms with Crippen molar-refractivity contribution in [3.05, 3.63) is 219 Å². The van der Waals surface area contributed by atoms with Crippen molar-refractivity contribution in [2.75, 3.05) is 39.6 Å². The van der Waals surface area contributed by atoms with Gasteiger partial charge in [0.05, 0.1) is 26.4 Å². The van der Waals surface area contributed by atoms with Gasteiger partial charge in [-0.15, -0.1) is 0 Å². The van der Waals surface area contributed by atoms with Crippen LogP contribution >= 0.6 is 15.6 Å². The van der Waals surface area contributed by atoms with Gasteiger partial charge in [0, 0.05) is 25.7 Å². The second kappa shape index (κ2) is 80.4. The van der Waals surface area contributed by atoms with Gasteiger partial charge in [-0.2, -0.15) is 0 Å². The molecule has 5 atom stereocenters. The van der Waals surface area contributed by atoms with Gasteiger partial charge in [-0.3, -0.25) is 37.3 Å². The lowest BCUT2D eigenvalue weighted by Gasteiger charge is -2.21. The van der Waals surface area contributed by atoms with Crippen LogP contribution in [0, 0.1) is 0 Å². The number of allylic oxidation sites excluding steroid dienone is 36. The monoisotopic (exact) mass is 1570 g/mol. The van der Waals surface area contributed by atoms with Gasteiger partial charge in [0.2, 0.25) is 0 Å². The second-order valence-corrected chi connectivity index (χ2v) is 29.1. The maximum atomic E-state index is 13.1. The molecule has 0 aromatic heterocycles. The summed E-state index contributed by atoms with van der Waals surface area (Å²) < 4.78 is 68.5. The summed E-state index contributed by atoms with van der Waals surface area (Å²) in [5.74, 6) is -2.39. The van der Waals surface area contributed by atoms with Crippen LogP contribution < -0.4 is 0 Å². The lowest BCUT2D eigenvalue weighted by atomic mass is 10.1. The van der Waals surface area contributed by atoms with Crippen molar-refractivity contribution in [1.82, 2.24) is 0 Å². The van der Waals surface area contributed by atoms with Crippen molar-refractivity contribution < 1.29 is 80.2 Å². The average molecular weight is 1570 g/mol. The molecule has 0 aromatic carbocycles. The first-order valence-electron chi connectivity index (χ1n) is 41.0. The fourth-order valence-corrected chi connectivity index (χ4v) is 11.4. The second-order valence-electron chi connectivity index (χ2n) is 26.2. The molecule has 19 heteroatoms. The minimum atomic E-state index is -5.02. The molecule has 0 saturated carbocycles. The molecule has 0 aliphatic rings. The zero-order valence-corrected chi connectivity index (χ0v) is 69.4. The van der Waals surface area contributed by atoms with Gasteiger partial charge in [-0.05, 0) is 180 Å². The van der Waals surface area contributed by atoms with E-state index in [4.69, 9.17) is 37.0 Å². The van der Waals surface area contributed by atoms with E-state index >= 15 is 0 Å². The van der Waals surface area contributed by atoms with E-state index < -0.39 is 97.5 Å². The van der Waals surface area contributed by atoms with Crippen LogP contribution in [0.2, 0.25) is 0 Å². The van der Waals surface area contributed by atoms with Crippen LogP contribution in [0.15, 0.2) is 219 Å². The maximum absolute atomic E-state index is 13.1. The van der Waals surface area contributed by atoms with Gasteiger partial charge >= 0.3 is 39.5 Å². The van der Waals surface area contributed by atoms with E-state index in [1.807, 2.05) is 18.2 Å². The first kappa shape index (κ1) is 103. The predicted molar refractivity (Wildman–Crippen MR) is 454 cm³/mol. The molecule has 0 spiro atoms. The summed E-state index contributed by atoms with van der Waals surface area (Å²) in [6.07, 6.45) is 102. The lowest BCUT2D eigenvalue weighted by molar-refractivity contribution is -0.161. The normalized spacial score (nSPS) is 14.9. The van der Waals surface area contributed by atoms with E-state index in [1.165, 1.54) is 0 Å². The number of phosphoric ester groups is 2.